The Morgan fingerprint density at radius 3 is 2.51 bits per heavy atom. The minimum Gasteiger partial charge on any atom is -0.480 e. The molecule has 1 unspecified atom stereocenters. The third-order valence-electron chi connectivity index (χ3n) is 6.32. The minimum atomic E-state index is -4.01. The van der Waals surface area contributed by atoms with E-state index in [0.717, 1.165) is 0 Å². The van der Waals surface area contributed by atoms with E-state index in [9.17, 15) is 8.42 Å². The molecule has 3 atom stereocenters. The lowest BCUT2D eigenvalue weighted by molar-refractivity contribution is 0.0552. The first-order valence-corrected chi connectivity index (χ1v) is 13.3. The van der Waals surface area contributed by atoms with E-state index in [0.29, 0.717) is 34.4 Å². The highest BCUT2D eigenvalue weighted by molar-refractivity contribution is 7.93. The lowest BCUT2D eigenvalue weighted by Crippen LogP contribution is -2.37. The average molecular weight is 547 g/mol. The van der Waals surface area contributed by atoms with E-state index < -0.39 is 26.8 Å². The molecule has 0 radical (unpaired) electrons. The number of halogens is 1. The number of ether oxygens (including phenoxy) is 2. The van der Waals surface area contributed by atoms with Crippen molar-refractivity contribution in [2.75, 3.05) is 18.9 Å². The largest absolute Gasteiger partial charge is 0.480 e. The molecular formula is C23H27ClN8O4S. The SMILES string of the molecule is COC1=C(n2c(NS(=O)(=O)[C@@H](C)[C@H](C)c3ncc(Cl)cn3)nnc2-c2cccnc2)C(C)(OC)CC=N1. The number of hydrogen-bond donors (Lipinski definition) is 1. The normalized spacial score (nSPS) is 19.5. The predicted octanol–water partition coefficient (Wildman–Crippen LogP) is 3.37. The number of rotatable bonds is 9. The average Bonchev–Trinajstić information content (AvgIpc) is 3.30. The number of sulfonamides is 1. The molecule has 3 aromatic heterocycles. The Labute approximate surface area is 219 Å². The summed E-state index contributed by atoms with van der Waals surface area (Å²) in [5.41, 5.74) is 0.110. The van der Waals surface area contributed by atoms with Gasteiger partial charge in [-0.25, -0.2) is 23.4 Å². The van der Waals surface area contributed by atoms with Crippen LogP contribution in [0.15, 0.2) is 47.8 Å². The second kappa shape index (κ2) is 10.5. The molecule has 37 heavy (non-hydrogen) atoms. The third kappa shape index (κ3) is 5.20. The van der Waals surface area contributed by atoms with E-state index in [4.69, 9.17) is 21.1 Å². The molecule has 0 aromatic carbocycles. The summed E-state index contributed by atoms with van der Waals surface area (Å²) in [7, 11) is -0.984. The van der Waals surface area contributed by atoms with Crippen molar-refractivity contribution in [3.05, 3.63) is 53.7 Å². The van der Waals surface area contributed by atoms with Crippen LogP contribution in [0, 0.1) is 0 Å². The second-order valence-electron chi connectivity index (χ2n) is 8.63. The molecule has 14 heteroatoms. The predicted molar refractivity (Wildman–Crippen MR) is 139 cm³/mol. The van der Waals surface area contributed by atoms with E-state index in [1.165, 1.54) is 19.5 Å². The molecule has 0 saturated carbocycles. The minimum absolute atomic E-state index is 0.0557. The van der Waals surface area contributed by atoms with Gasteiger partial charge in [-0.1, -0.05) is 18.5 Å². The fourth-order valence-electron chi connectivity index (χ4n) is 3.85. The van der Waals surface area contributed by atoms with Gasteiger partial charge in [0.15, 0.2) is 5.82 Å². The van der Waals surface area contributed by atoms with Crippen molar-refractivity contribution in [3.8, 4) is 11.4 Å². The zero-order chi connectivity index (χ0) is 26.8. The number of anilines is 1. The van der Waals surface area contributed by atoms with E-state index in [1.807, 2.05) is 6.92 Å². The van der Waals surface area contributed by atoms with Crippen molar-refractivity contribution in [1.29, 1.82) is 0 Å². The Kier molecular flexibility index (Phi) is 7.57. The van der Waals surface area contributed by atoms with Gasteiger partial charge in [0.25, 0.3) is 0 Å². The van der Waals surface area contributed by atoms with Crippen molar-refractivity contribution in [3.63, 3.8) is 0 Å². The molecule has 0 aliphatic carbocycles. The van der Waals surface area contributed by atoms with Crippen LogP contribution >= 0.6 is 11.6 Å². The fourth-order valence-corrected chi connectivity index (χ4v) is 5.18. The molecule has 0 spiro atoms. The Hall–Kier alpha value is -3.42. The molecule has 196 valence electrons. The molecule has 1 N–H and O–H groups in total. The maximum absolute atomic E-state index is 13.6. The summed E-state index contributed by atoms with van der Waals surface area (Å²) in [5.74, 6) is 0.299. The summed E-state index contributed by atoms with van der Waals surface area (Å²) in [4.78, 5) is 16.9. The fraction of sp³-hybridized carbons (Fsp3) is 0.391. The van der Waals surface area contributed by atoms with Gasteiger partial charge < -0.3 is 9.47 Å². The Balaban J connectivity index is 1.83. The Morgan fingerprint density at radius 1 is 1.16 bits per heavy atom. The quantitative estimate of drug-likeness (QED) is 0.426. The van der Waals surface area contributed by atoms with Gasteiger partial charge in [-0.2, -0.15) is 0 Å². The van der Waals surface area contributed by atoms with Gasteiger partial charge in [-0.3, -0.25) is 14.3 Å². The summed E-state index contributed by atoms with van der Waals surface area (Å²) in [5, 5.41) is 7.92. The maximum atomic E-state index is 13.6. The van der Waals surface area contributed by atoms with Gasteiger partial charge in [0, 0.05) is 56.0 Å². The maximum Gasteiger partial charge on any atom is 0.243 e. The van der Waals surface area contributed by atoms with Crippen molar-refractivity contribution >= 4 is 39.5 Å². The Morgan fingerprint density at radius 2 is 1.89 bits per heavy atom. The lowest BCUT2D eigenvalue weighted by atomic mass is 9.95. The zero-order valence-electron chi connectivity index (χ0n) is 21.0. The number of hydrogen-bond acceptors (Lipinski definition) is 10. The van der Waals surface area contributed by atoms with Crippen molar-refractivity contribution in [2.45, 2.75) is 44.0 Å². The molecular weight excluding hydrogens is 520 g/mol. The van der Waals surface area contributed by atoms with Gasteiger partial charge in [0.05, 0.1) is 17.4 Å². The van der Waals surface area contributed by atoms with E-state index >= 15 is 0 Å². The monoisotopic (exact) mass is 546 g/mol. The molecule has 4 rings (SSSR count). The molecule has 4 heterocycles. The number of nitrogens with one attached hydrogen (secondary N) is 1. The number of methoxy groups -OCH3 is 2. The highest BCUT2D eigenvalue weighted by Crippen LogP contribution is 2.39. The van der Waals surface area contributed by atoms with Gasteiger partial charge in [-0.15, -0.1) is 10.2 Å². The van der Waals surface area contributed by atoms with Crippen LogP contribution in [0.4, 0.5) is 5.95 Å². The van der Waals surface area contributed by atoms with Crippen molar-refractivity contribution in [2.24, 2.45) is 4.99 Å². The van der Waals surface area contributed by atoms with Crippen LogP contribution in [0.1, 0.15) is 38.9 Å². The molecule has 1 aliphatic rings. The van der Waals surface area contributed by atoms with Crippen LogP contribution < -0.4 is 4.72 Å². The van der Waals surface area contributed by atoms with Gasteiger partial charge in [0.2, 0.25) is 21.9 Å². The number of pyridine rings is 1. The molecule has 0 bridgehead atoms. The van der Waals surface area contributed by atoms with E-state index in [1.54, 1.807) is 56.3 Å². The third-order valence-corrected chi connectivity index (χ3v) is 8.37. The standard InChI is InChI=1S/C23H27ClN8O4S/c1-14(19-27-12-17(24)13-28-19)15(2)37(33,34)31-22-30-29-20(16-7-6-9-25-11-16)32(22)18-21(35-4)26-10-8-23(18,3)36-5/h6-7,9-15H,8H2,1-5H3,(H,30,31)/t14-,15-,23?/m0/s1. The first-order chi connectivity index (χ1) is 17.6. The summed E-state index contributed by atoms with van der Waals surface area (Å²) >= 11 is 5.88. The molecule has 12 nitrogen and oxygen atoms in total. The number of aromatic nitrogens is 6. The van der Waals surface area contributed by atoms with Crippen LogP contribution in [0.3, 0.4) is 0 Å². The summed E-state index contributed by atoms with van der Waals surface area (Å²) in [6.45, 7) is 5.14. The smallest absolute Gasteiger partial charge is 0.243 e. The van der Waals surface area contributed by atoms with Gasteiger partial charge in [0.1, 0.15) is 17.1 Å². The summed E-state index contributed by atoms with van der Waals surface area (Å²) in [6.07, 6.45) is 8.17. The van der Waals surface area contributed by atoms with Crippen LogP contribution in [0.25, 0.3) is 17.1 Å². The number of aliphatic imine (C=N–C) groups is 1. The topological polar surface area (TPSA) is 146 Å². The first-order valence-electron chi connectivity index (χ1n) is 11.3. The van der Waals surface area contributed by atoms with E-state index in [-0.39, 0.29) is 11.8 Å². The Bertz CT molecular complexity index is 1430. The highest BCUT2D eigenvalue weighted by atomic mass is 35.5. The van der Waals surface area contributed by atoms with Gasteiger partial charge >= 0.3 is 0 Å². The highest BCUT2D eigenvalue weighted by Gasteiger charge is 2.40. The molecule has 0 amide bonds. The zero-order valence-corrected chi connectivity index (χ0v) is 22.5. The van der Waals surface area contributed by atoms with Crippen LogP contribution in [-0.4, -0.2) is 69.4 Å². The van der Waals surface area contributed by atoms with Crippen LogP contribution in [0.2, 0.25) is 5.02 Å². The second-order valence-corrected chi connectivity index (χ2v) is 11.1. The molecule has 3 aromatic rings. The first kappa shape index (κ1) is 26.6. The number of nitrogens with zero attached hydrogens (tertiary/aromatic N) is 7. The summed E-state index contributed by atoms with van der Waals surface area (Å²) < 4.78 is 42.7. The van der Waals surface area contributed by atoms with E-state index in [2.05, 4.69) is 34.9 Å². The van der Waals surface area contributed by atoms with Crippen LogP contribution in [0.5, 0.6) is 0 Å². The van der Waals surface area contributed by atoms with Gasteiger partial charge in [-0.05, 0) is 26.0 Å². The lowest BCUT2D eigenvalue weighted by Gasteiger charge is -2.34. The molecule has 1 aliphatic heterocycles. The summed E-state index contributed by atoms with van der Waals surface area (Å²) in [6, 6.07) is 3.53. The molecule has 0 saturated heterocycles. The van der Waals surface area contributed by atoms with Crippen molar-refractivity contribution in [1.82, 2.24) is 29.7 Å². The molecule has 0 fully saturated rings. The van der Waals surface area contributed by atoms with Crippen LogP contribution in [-0.2, 0) is 19.5 Å². The van der Waals surface area contributed by atoms with Crippen molar-refractivity contribution < 1.29 is 17.9 Å².